The molecule has 0 saturated carbocycles. The second-order valence-electron chi connectivity index (χ2n) is 5.04. The van der Waals surface area contributed by atoms with Crippen molar-refractivity contribution in [3.8, 4) is 0 Å². The number of carbonyl (C=O) groups excluding carboxylic acids is 1. The van der Waals surface area contributed by atoms with Crippen LogP contribution in [0.1, 0.15) is 30.9 Å². The van der Waals surface area contributed by atoms with Gasteiger partial charge < -0.3 is 15.2 Å². The van der Waals surface area contributed by atoms with E-state index in [1.165, 1.54) is 6.42 Å². The fourth-order valence-electron chi connectivity index (χ4n) is 2.45. The number of aryl methyl sites for hydroxylation is 1. The van der Waals surface area contributed by atoms with Crippen LogP contribution in [0.25, 0.3) is 0 Å². The second-order valence-corrected chi connectivity index (χ2v) is 5.04. The molecule has 110 valence electrons. The number of fused-ring (bicyclic) bond motifs is 1. The lowest BCUT2D eigenvalue weighted by Crippen LogP contribution is -2.29. The van der Waals surface area contributed by atoms with Crippen molar-refractivity contribution >= 4 is 11.7 Å². The lowest BCUT2D eigenvalue weighted by Gasteiger charge is -2.09. The van der Waals surface area contributed by atoms with E-state index in [4.69, 9.17) is 0 Å². The van der Waals surface area contributed by atoms with Crippen molar-refractivity contribution in [3.05, 3.63) is 36.2 Å². The van der Waals surface area contributed by atoms with Crippen LogP contribution in [0.5, 0.6) is 0 Å². The number of nitrogens with one attached hydrogen (secondary N) is 2. The van der Waals surface area contributed by atoms with E-state index in [1.807, 2.05) is 0 Å². The van der Waals surface area contributed by atoms with Crippen molar-refractivity contribution in [2.45, 2.75) is 38.8 Å². The number of carbonyl (C=O) groups is 1. The topological polar surface area (TPSA) is 84.7 Å². The highest BCUT2D eigenvalue weighted by molar-refractivity contribution is 5.88. The first-order valence-corrected chi connectivity index (χ1v) is 7.19. The van der Waals surface area contributed by atoms with E-state index >= 15 is 0 Å². The summed E-state index contributed by atoms with van der Waals surface area (Å²) < 4.78 is 2.12. The van der Waals surface area contributed by atoms with Crippen molar-refractivity contribution in [1.82, 2.24) is 25.1 Å². The maximum atomic E-state index is 11.8. The lowest BCUT2D eigenvalue weighted by molar-refractivity contribution is 0.251. The molecule has 1 aliphatic rings. The molecular weight excluding hydrogens is 268 g/mol. The predicted octanol–water partition coefficient (Wildman–Crippen LogP) is 1.72. The van der Waals surface area contributed by atoms with Crippen LogP contribution in [-0.4, -0.2) is 25.8 Å². The molecule has 2 amide bonds. The first-order valence-electron chi connectivity index (χ1n) is 7.19. The smallest absolute Gasteiger partial charge is 0.319 e. The molecule has 0 spiro atoms. The zero-order valence-corrected chi connectivity index (χ0v) is 11.7. The maximum absolute atomic E-state index is 11.8. The highest BCUT2D eigenvalue weighted by Gasteiger charge is 2.14. The summed E-state index contributed by atoms with van der Waals surface area (Å²) in [5.41, 5.74) is 0.662. The average Bonchev–Trinajstić information content (AvgIpc) is 2.73. The van der Waals surface area contributed by atoms with Crippen molar-refractivity contribution in [1.29, 1.82) is 0 Å². The van der Waals surface area contributed by atoms with Crippen LogP contribution in [0, 0.1) is 0 Å². The van der Waals surface area contributed by atoms with E-state index in [2.05, 4.69) is 30.4 Å². The molecule has 3 rings (SSSR count). The van der Waals surface area contributed by atoms with Gasteiger partial charge in [0, 0.05) is 19.2 Å². The minimum atomic E-state index is -0.269. The van der Waals surface area contributed by atoms with Gasteiger partial charge in [0.05, 0.1) is 18.4 Å². The van der Waals surface area contributed by atoms with E-state index in [0.29, 0.717) is 12.2 Å². The number of hydrogen-bond acceptors (Lipinski definition) is 4. The Morgan fingerprint density at radius 2 is 2.24 bits per heavy atom. The number of nitrogens with zero attached hydrogens (tertiary/aromatic N) is 4. The van der Waals surface area contributed by atoms with Gasteiger partial charge in [-0.25, -0.2) is 4.79 Å². The zero-order valence-electron chi connectivity index (χ0n) is 11.7. The molecule has 2 aromatic heterocycles. The van der Waals surface area contributed by atoms with Crippen LogP contribution in [-0.2, 0) is 19.5 Å². The SMILES string of the molecule is O=C(NCc1nnc2n1CCCCC2)Nc1cccnc1. The number of amides is 2. The first-order chi connectivity index (χ1) is 10.3. The van der Waals surface area contributed by atoms with Crippen molar-refractivity contribution in [2.75, 3.05) is 5.32 Å². The Hall–Kier alpha value is -2.44. The molecule has 0 unspecified atom stereocenters. The van der Waals surface area contributed by atoms with E-state index in [9.17, 15) is 4.79 Å². The Bertz CT molecular complexity index is 609. The summed E-state index contributed by atoms with van der Waals surface area (Å²) in [5, 5.41) is 13.9. The standard InChI is InChI=1S/C14H18N6O/c21-14(17-11-5-4-7-15-9-11)16-10-13-19-18-12-6-2-1-3-8-20(12)13/h4-5,7,9H,1-3,6,8,10H2,(H2,16,17,21). The summed E-state index contributed by atoms with van der Waals surface area (Å²) >= 11 is 0. The largest absolute Gasteiger partial charge is 0.331 e. The first kappa shape index (κ1) is 13.5. The van der Waals surface area contributed by atoms with Crippen LogP contribution in [0.3, 0.4) is 0 Å². The minimum Gasteiger partial charge on any atom is -0.331 e. The highest BCUT2D eigenvalue weighted by atomic mass is 16.2. The van der Waals surface area contributed by atoms with Gasteiger partial charge in [0.25, 0.3) is 0 Å². The van der Waals surface area contributed by atoms with E-state index < -0.39 is 0 Å². The molecule has 0 aromatic carbocycles. The lowest BCUT2D eigenvalue weighted by atomic mass is 10.2. The van der Waals surface area contributed by atoms with E-state index in [-0.39, 0.29) is 6.03 Å². The van der Waals surface area contributed by atoms with Crippen molar-refractivity contribution in [3.63, 3.8) is 0 Å². The summed E-state index contributed by atoms with van der Waals surface area (Å²) in [6.45, 7) is 1.31. The number of anilines is 1. The molecule has 0 radical (unpaired) electrons. The van der Waals surface area contributed by atoms with Crippen LogP contribution in [0.15, 0.2) is 24.5 Å². The van der Waals surface area contributed by atoms with Gasteiger partial charge in [-0.15, -0.1) is 10.2 Å². The molecule has 0 saturated heterocycles. The highest BCUT2D eigenvalue weighted by Crippen LogP contribution is 2.14. The third-order valence-electron chi connectivity index (χ3n) is 3.51. The van der Waals surface area contributed by atoms with Gasteiger partial charge in [0.15, 0.2) is 5.82 Å². The zero-order chi connectivity index (χ0) is 14.5. The molecule has 21 heavy (non-hydrogen) atoms. The van der Waals surface area contributed by atoms with Gasteiger partial charge >= 0.3 is 6.03 Å². The molecule has 2 N–H and O–H groups in total. The fourth-order valence-corrected chi connectivity index (χ4v) is 2.45. The Morgan fingerprint density at radius 3 is 3.10 bits per heavy atom. The van der Waals surface area contributed by atoms with Gasteiger partial charge in [-0.05, 0) is 25.0 Å². The van der Waals surface area contributed by atoms with Gasteiger partial charge in [0.1, 0.15) is 5.82 Å². The van der Waals surface area contributed by atoms with Crippen molar-refractivity contribution < 1.29 is 4.79 Å². The Labute approximate surface area is 122 Å². The van der Waals surface area contributed by atoms with Crippen LogP contribution < -0.4 is 10.6 Å². The molecule has 0 bridgehead atoms. The number of urea groups is 1. The molecule has 7 heteroatoms. The molecule has 0 aliphatic carbocycles. The van der Waals surface area contributed by atoms with E-state index in [1.54, 1.807) is 24.5 Å². The Kier molecular flexibility index (Phi) is 4.09. The third kappa shape index (κ3) is 3.36. The monoisotopic (exact) mass is 286 g/mol. The van der Waals surface area contributed by atoms with E-state index in [0.717, 1.165) is 37.5 Å². The predicted molar refractivity (Wildman–Crippen MR) is 77.7 cm³/mol. The number of hydrogen-bond donors (Lipinski definition) is 2. The molecular formula is C14H18N6O. The van der Waals surface area contributed by atoms with Crippen LogP contribution in [0.4, 0.5) is 10.5 Å². The molecule has 1 aliphatic heterocycles. The Balaban J connectivity index is 1.58. The molecule has 0 atom stereocenters. The van der Waals surface area contributed by atoms with Crippen molar-refractivity contribution in [2.24, 2.45) is 0 Å². The minimum absolute atomic E-state index is 0.269. The molecule has 3 heterocycles. The Morgan fingerprint density at radius 1 is 1.29 bits per heavy atom. The quantitative estimate of drug-likeness (QED) is 0.899. The number of rotatable bonds is 3. The fraction of sp³-hybridized carbons (Fsp3) is 0.429. The summed E-state index contributed by atoms with van der Waals surface area (Å²) in [5.74, 6) is 1.84. The normalized spacial score (nSPS) is 14.1. The van der Waals surface area contributed by atoms with Gasteiger partial charge in [-0.2, -0.15) is 0 Å². The van der Waals surface area contributed by atoms with Gasteiger partial charge in [-0.3, -0.25) is 4.98 Å². The second kappa shape index (κ2) is 6.34. The number of aromatic nitrogens is 4. The van der Waals surface area contributed by atoms with Gasteiger partial charge in [-0.1, -0.05) is 6.42 Å². The summed E-state index contributed by atoms with van der Waals surface area (Å²) in [6.07, 6.45) is 7.75. The van der Waals surface area contributed by atoms with Crippen LogP contribution in [0.2, 0.25) is 0 Å². The number of pyridine rings is 1. The van der Waals surface area contributed by atoms with Gasteiger partial charge in [0.2, 0.25) is 0 Å². The molecule has 2 aromatic rings. The third-order valence-corrected chi connectivity index (χ3v) is 3.51. The van der Waals surface area contributed by atoms with Crippen LogP contribution >= 0.6 is 0 Å². The summed E-state index contributed by atoms with van der Waals surface area (Å²) in [6, 6.07) is 3.29. The summed E-state index contributed by atoms with van der Waals surface area (Å²) in [7, 11) is 0. The summed E-state index contributed by atoms with van der Waals surface area (Å²) in [4.78, 5) is 15.8. The molecule has 0 fully saturated rings. The maximum Gasteiger partial charge on any atom is 0.319 e. The molecule has 7 nitrogen and oxygen atoms in total. The average molecular weight is 286 g/mol.